The lowest BCUT2D eigenvalue weighted by atomic mass is 10.1. The van der Waals surface area contributed by atoms with Crippen molar-refractivity contribution in [1.82, 2.24) is 4.57 Å². The molecule has 0 bridgehead atoms. The lowest BCUT2D eigenvalue weighted by Gasteiger charge is -2.15. The second-order valence-electron chi connectivity index (χ2n) is 7.10. The van der Waals surface area contributed by atoms with Crippen LogP contribution in [0.2, 0.25) is 0 Å². The van der Waals surface area contributed by atoms with Crippen LogP contribution < -0.4 is 20.3 Å². The van der Waals surface area contributed by atoms with Crippen LogP contribution >= 0.6 is 0 Å². The molecule has 0 saturated carbocycles. The minimum absolute atomic E-state index is 0.209. The molecule has 1 amide bonds. The SMILES string of the molecule is CCOC(=O)[C@H](C)Oc1cccc2c(=O)n(CC(=O)Nc3ccc(OC(F)(F)F)cc3)ccc12. The summed E-state index contributed by atoms with van der Waals surface area (Å²) < 4.78 is 52.3. The molecule has 3 rings (SSSR count). The van der Waals surface area contributed by atoms with Crippen molar-refractivity contribution in [2.45, 2.75) is 32.9 Å². The third-order valence-corrected chi connectivity index (χ3v) is 4.59. The van der Waals surface area contributed by atoms with Gasteiger partial charge < -0.3 is 24.1 Å². The number of ether oxygens (including phenoxy) is 3. The second-order valence-corrected chi connectivity index (χ2v) is 7.10. The molecule has 3 aromatic rings. The molecule has 0 aliphatic heterocycles. The Kier molecular flexibility index (Phi) is 7.44. The Morgan fingerprint density at radius 2 is 1.76 bits per heavy atom. The zero-order valence-corrected chi connectivity index (χ0v) is 18.2. The van der Waals surface area contributed by atoms with E-state index in [9.17, 15) is 27.6 Å². The van der Waals surface area contributed by atoms with E-state index in [1.165, 1.54) is 29.8 Å². The van der Waals surface area contributed by atoms with E-state index in [2.05, 4.69) is 10.1 Å². The Morgan fingerprint density at radius 1 is 1.06 bits per heavy atom. The number of carbonyl (C=O) groups excluding carboxylic acids is 2. The maximum absolute atomic E-state index is 12.9. The van der Waals surface area contributed by atoms with Gasteiger partial charge in [0, 0.05) is 17.3 Å². The molecule has 34 heavy (non-hydrogen) atoms. The van der Waals surface area contributed by atoms with Gasteiger partial charge in [0.15, 0.2) is 6.10 Å². The molecule has 1 aromatic heterocycles. The van der Waals surface area contributed by atoms with Crippen LogP contribution in [-0.2, 0) is 20.9 Å². The van der Waals surface area contributed by atoms with Gasteiger partial charge in [0.25, 0.3) is 5.56 Å². The number of nitrogens with one attached hydrogen (secondary N) is 1. The second kappa shape index (κ2) is 10.3. The van der Waals surface area contributed by atoms with Crippen LogP contribution in [0.15, 0.2) is 59.5 Å². The van der Waals surface area contributed by atoms with Gasteiger partial charge >= 0.3 is 12.3 Å². The van der Waals surface area contributed by atoms with Crippen LogP contribution in [0.1, 0.15) is 13.8 Å². The smallest absolute Gasteiger partial charge is 0.478 e. The average Bonchev–Trinajstić information content (AvgIpc) is 2.76. The first kappa shape index (κ1) is 24.6. The lowest BCUT2D eigenvalue weighted by Crippen LogP contribution is -2.28. The Morgan fingerprint density at radius 3 is 2.41 bits per heavy atom. The van der Waals surface area contributed by atoms with E-state index in [1.54, 1.807) is 31.2 Å². The average molecular weight is 478 g/mol. The largest absolute Gasteiger partial charge is 0.573 e. The van der Waals surface area contributed by atoms with Gasteiger partial charge in [0.2, 0.25) is 5.91 Å². The van der Waals surface area contributed by atoms with Crippen molar-refractivity contribution >= 4 is 28.3 Å². The first-order chi connectivity index (χ1) is 16.1. The summed E-state index contributed by atoms with van der Waals surface area (Å²) in [7, 11) is 0. The van der Waals surface area contributed by atoms with Gasteiger partial charge in [-0.3, -0.25) is 9.59 Å². The van der Waals surface area contributed by atoms with E-state index in [0.29, 0.717) is 11.1 Å². The number of nitrogens with zero attached hydrogens (tertiary/aromatic N) is 1. The van der Waals surface area contributed by atoms with E-state index in [1.807, 2.05) is 0 Å². The molecule has 0 unspecified atom stereocenters. The first-order valence-electron chi connectivity index (χ1n) is 10.2. The summed E-state index contributed by atoms with van der Waals surface area (Å²) in [5, 5.41) is 3.24. The zero-order valence-electron chi connectivity index (χ0n) is 18.2. The molecular formula is C23H21F3N2O6. The highest BCUT2D eigenvalue weighted by Gasteiger charge is 2.31. The Balaban J connectivity index is 1.73. The minimum atomic E-state index is -4.82. The van der Waals surface area contributed by atoms with Crippen molar-refractivity contribution in [3.8, 4) is 11.5 Å². The summed E-state index contributed by atoms with van der Waals surface area (Å²) >= 11 is 0. The Bertz CT molecular complexity index is 1240. The summed E-state index contributed by atoms with van der Waals surface area (Å²) in [4.78, 5) is 37.1. The summed E-state index contributed by atoms with van der Waals surface area (Å²) in [6, 6.07) is 11.0. The van der Waals surface area contributed by atoms with E-state index >= 15 is 0 Å². The van der Waals surface area contributed by atoms with E-state index in [4.69, 9.17) is 9.47 Å². The summed E-state index contributed by atoms with van der Waals surface area (Å²) in [5.74, 6) is -1.21. The number of fused-ring (bicyclic) bond motifs is 1. The molecule has 1 N–H and O–H groups in total. The lowest BCUT2D eigenvalue weighted by molar-refractivity contribution is -0.274. The number of halogens is 3. The van der Waals surface area contributed by atoms with E-state index in [0.717, 1.165) is 12.1 Å². The van der Waals surface area contributed by atoms with Crippen molar-refractivity contribution in [3.63, 3.8) is 0 Å². The molecule has 180 valence electrons. The molecular weight excluding hydrogens is 457 g/mol. The Labute approximate surface area is 191 Å². The fourth-order valence-electron chi connectivity index (χ4n) is 3.11. The molecule has 0 saturated heterocycles. The van der Waals surface area contributed by atoms with E-state index < -0.39 is 35.7 Å². The number of hydrogen-bond donors (Lipinski definition) is 1. The highest BCUT2D eigenvalue weighted by molar-refractivity contribution is 5.91. The van der Waals surface area contributed by atoms with E-state index in [-0.39, 0.29) is 24.2 Å². The van der Waals surface area contributed by atoms with Crippen LogP contribution in [-0.4, -0.2) is 35.5 Å². The molecule has 0 aliphatic carbocycles. The van der Waals surface area contributed by atoms with Gasteiger partial charge in [0.05, 0.1) is 12.0 Å². The molecule has 0 aliphatic rings. The van der Waals surface area contributed by atoms with Crippen LogP contribution in [0.3, 0.4) is 0 Å². The van der Waals surface area contributed by atoms with Crippen molar-refractivity contribution in [2.75, 3.05) is 11.9 Å². The number of anilines is 1. The van der Waals surface area contributed by atoms with Crippen LogP contribution in [0.5, 0.6) is 11.5 Å². The molecule has 0 radical (unpaired) electrons. The van der Waals surface area contributed by atoms with Crippen molar-refractivity contribution in [2.24, 2.45) is 0 Å². The van der Waals surface area contributed by atoms with Crippen LogP contribution in [0, 0.1) is 0 Å². The Hall–Kier alpha value is -4.02. The number of benzene rings is 2. The fraction of sp³-hybridized carbons (Fsp3) is 0.261. The minimum Gasteiger partial charge on any atom is -0.478 e. The highest BCUT2D eigenvalue weighted by atomic mass is 19.4. The number of esters is 1. The first-order valence-corrected chi connectivity index (χ1v) is 10.2. The topological polar surface area (TPSA) is 95.9 Å². The predicted molar refractivity (Wildman–Crippen MR) is 117 cm³/mol. The van der Waals surface area contributed by atoms with Crippen molar-refractivity contribution in [3.05, 3.63) is 65.1 Å². The molecule has 0 fully saturated rings. The monoisotopic (exact) mass is 478 g/mol. The number of pyridine rings is 1. The molecule has 8 nitrogen and oxygen atoms in total. The summed E-state index contributed by atoms with van der Waals surface area (Å²) in [6.45, 7) is 3.09. The molecule has 1 atom stereocenters. The molecule has 0 spiro atoms. The van der Waals surface area contributed by atoms with Crippen molar-refractivity contribution < 1.29 is 37.0 Å². The quantitative estimate of drug-likeness (QED) is 0.494. The van der Waals surface area contributed by atoms with Gasteiger partial charge in [-0.05, 0) is 56.3 Å². The standard InChI is InChI=1S/C23H21F3N2O6/c1-3-32-22(31)14(2)33-19-6-4-5-18-17(19)11-12-28(21(18)30)13-20(29)27-15-7-9-16(10-8-15)34-23(24,25)26/h4-12,14H,3,13H2,1-2H3,(H,27,29)/t14-/m0/s1. The van der Waals surface area contributed by atoms with Crippen molar-refractivity contribution in [1.29, 1.82) is 0 Å². The fourth-order valence-corrected chi connectivity index (χ4v) is 3.11. The third kappa shape index (κ3) is 6.27. The van der Waals surface area contributed by atoms with Gasteiger partial charge in [-0.15, -0.1) is 13.2 Å². The number of alkyl halides is 3. The van der Waals surface area contributed by atoms with Gasteiger partial charge in [-0.2, -0.15) is 0 Å². The molecule has 11 heteroatoms. The molecule has 2 aromatic carbocycles. The third-order valence-electron chi connectivity index (χ3n) is 4.59. The molecule has 1 heterocycles. The maximum Gasteiger partial charge on any atom is 0.573 e. The normalized spacial score (nSPS) is 12.1. The predicted octanol–water partition coefficient (Wildman–Crippen LogP) is 3.87. The van der Waals surface area contributed by atoms with Crippen LogP contribution in [0.4, 0.5) is 18.9 Å². The summed E-state index contributed by atoms with van der Waals surface area (Å²) in [6.07, 6.45) is -4.29. The number of amides is 1. The highest BCUT2D eigenvalue weighted by Crippen LogP contribution is 2.25. The number of rotatable bonds is 8. The number of hydrogen-bond acceptors (Lipinski definition) is 6. The van der Waals surface area contributed by atoms with Gasteiger partial charge in [-0.1, -0.05) is 6.07 Å². The summed E-state index contributed by atoms with van der Waals surface area (Å²) in [5.41, 5.74) is -0.229. The van der Waals surface area contributed by atoms with Gasteiger partial charge in [0.1, 0.15) is 18.0 Å². The van der Waals surface area contributed by atoms with Crippen LogP contribution in [0.25, 0.3) is 10.8 Å². The number of aromatic nitrogens is 1. The maximum atomic E-state index is 12.9. The number of carbonyl (C=O) groups is 2. The zero-order chi connectivity index (χ0) is 24.9. The van der Waals surface area contributed by atoms with Gasteiger partial charge in [-0.25, -0.2) is 4.79 Å².